The molecule has 1 aliphatic rings. The van der Waals surface area contributed by atoms with Crippen LogP contribution in [0.4, 0.5) is 18.9 Å². The van der Waals surface area contributed by atoms with Crippen molar-refractivity contribution >= 4 is 5.69 Å². The van der Waals surface area contributed by atoms with Crippen LogP contribution in [-0.2, 0) is 6.18 Å². The molecule has 0 amide bonds. The fraction of sp³-hybridized carbons (Fsp3) is 0.625. The lowest BCUT2D eigenvalue weighted by molar-refractivity contribution is -0.137. The van der Waals surface area contributed by atoms with Gasteiger partial charge in [-0.1, -0.05) is 13.8 Å². The summed E-state index contributed by atoms with van der Waals surface area (Å²) < 4.78 is 38.7. The molecule has 1 aliphatic heterocycles. The van der Waals surface area contributed by atoms with Gasteiger partial charge in [0.25, 0.3) is 0 Å². The third-order valence-corrected chi connectivity index (χ3v) is 3.75. The van der Waals surface area contributed by atoms with Gasteiger partial charge < -0.3 is 4.90 Å². The van der Waals surface area contributed by atoms with Crippen LogP contribution in [-0.4, -0.2) is 37.6 Å². The van der Waals surface area contributed by atoms with E-state index < -0.39 is 11.7 Å². The molecule has 21 heavy (non-hydrogen) atoms. The number of hydrogen-bond acceptors (Lipinski definition) is 2. The van der Waals surface area contributed by atoms with Crippen LogP contribution in [0.1, 0.15) is 25.0 Å². The van der Waals surface area contributed by atoms with Gasteiger partial charge in [-0.25, -0.2) is 0 Å². The normalized spacial score (nSPS) is 17.6. The number of piperazine rings is 1. The Hall–Kier alpha value is -1.23. The average Bonchev–Trinajstić information content (AvgIpc) is 2.37. The number of nitrogens with zero attached hydrogens (tertiary/aromatic N) is 2. The Morgan fingerprint density at radius 3 is 2.19 bits per heavy atom. The van der Waals surface area contributed by atoms with E-state index in [0.29, 0.717) is 17.2 Å². The molecule has 0 spiro atoms. The van der Waals surface area contributed by atoms with E-state index in [1.54, 1.807) is 6.92 Å². The van der Waals surface area contributed by atoms with Crippen LogP contribution in [0.5, 0.6) is 0 Å². The molecular formula is C16H23F3N2. The molecule has 1 fully saturated rings. The van der Waals surface area contributed by atoms with Crippen molar-refractivity contribution in [3.05, 3.63) is 29.3 Å². The first-order valence-corrected chi connectivity index (χ1v) is 7.42. The smallest absolute Gasteiger partial charge is 0.369 e. The van der Waals surface area contributed by atoms with Crippen LogP contribution in [0.3, 0.4) is 0 Å². The van der Waals surface area contributed by atoms with Crippen LogP contribution < -0.4 is 4.90 Å². The summed E-state index contributed by atoms with van der Waals surface area (Å²) in [7, 11) is 0. The fourth-order valence-electron chi connectivity index (χ4n) is 2.81. The maximum atomic E-state index is 12.9. The molecule has 0 N–H and O–H groups in total. The molecule has 118 valence electrons. The van der Waals surface area contributed by atoms with E-state index in [1.165, 1.54) is 12.1 Å². The standard InChI is InChI=1S/C16H23F3N2/c1-12(2)11-20-4-6-21(7-5-20)15-9-13(3)8-14(10-15)16(17,18)19/h8-10,12H,4-7,11H2,1-3H3. The molecule has 0 bridgehead atoms. The zero-order valence-electron chi connectivity index (χ0n) is 12.9. The Bertz CT molecular complexity index is 475. The lowest BCUT2D eigenvalue weighted by atomic mass is 10.1. The molecule has 2 nitrogen and oxygen atoms in total. The highest BCUT2D eigenvalue weighted by Crippen LogP contribution is 2.33. The summed E-state index contributed by atoms with van der Waals surface area (Å²) in [6.45, 7) is 10.5. The number of halogens is 3. The molecule has 1 heterocycles. The lowest BCUT2D eigenvalue weighted by Crippen LogP contribution is -2.47. The lowest BCUT2D eigenvalue weighted by Gasteiger charge is -2.37. The minimum Gasteiger partial charge on any atom is -0.369 e. The molecule has 0 radical (unpaired) electrons. The van der Waals surface area contributed by atoms with Crippen molar-refractivity contribution in [2.75, 3.05) is 37.6 Å². The van der Waals surface area contributed by atoms with Crippen LogP contribution >= 0.6 is 0 Å². The van der Waals surface area contributed by atoms with Gasteiger partial charge in [0.1, 0.15) is 0 Å². The fourth-order valence-corrected chi connectivity index (χ4v) is 2.81. The predicted molar refractivity (Wildman–Crippen MR) is 79.7 cm³/mol. The van der Waals surface area contributed by atoms with Crippen molar-refractivity contribution in [1.29, 1.82) is 0 Å². The van der Waals surface area contributed by atoms with E-state index in [2.05, 4.69) is 23.6 Å². The van der Waals surface area contributed by atoms with Gasteiger partial charge in [-0.05, 0) is 36.6 Å². The zero-order chi connectivity index (χ0) is 15.6. The van der Waals surface area contributed by atoms with Gasteiger partial charge in [0, 0.05) is 38.4 Å². The minimum absolute atomic E-state index is 0.554. The SMILES string of the molecule is Cc1cc(N2CCN(CC(C)C)CC2)cc(C(F)(F)F)c1. The average molecular weight is 300 g/mol. The van der Waals surface area contributed by atoms with Crippen molar-refractivity contribution in [1.82, 2.24) is 4.90 Å². The van der Waals surface area contributed by atoms with Crippen molar-refractivity contribution < 1.29 is 13.2 Å². The summed E-state index contributed by atoms with van der Waals surface area (Å²) in [5.41, 5.74) is 0.790. The molecule has 1 aromatic rings. The predicted octanol–water partition coefficient (Wildman–Crippen LogP) is 3.79. The number of benzene rings is 1. The van der Waals surface area contributed by atoms with Gasteiger partial charge in [0.15, 0.2) is 0 Å². The van der Waals surface area contributed by atoms with Gasteiger partial charge in [0.05, 0.1) is 5.56 Å². The van der Waals surface area contributed by atoms with Crippen molar-refractivity contribution in [3.63, 3.8) is 0 Å². The molecule has 0 aromatic heterocycles. The maximum absolute atomic E-state index is 12.9. The molecule has 1 saturated heterocycles. The Morgan fingerprint density at radius 2 is 1.67 bits per heavy atom. The molecular weight excluding hydrogens is 277 g/mol. The van der Waals surface area contributed by atoms with E-state index in [1.807, 2.05) is 6.07 Å². The number of anilines is 1. The second kappa shape index (κ2) is 6.26. The van der Waals surface area contributed by atoms with Crippen molar-refractivity contribution in [2.24, 2.45) is 5.92 Å². The van der Waals surface area contributed by atoms with E-state index in [-0.39, 0.29) is 0 Å². The molecule has 1 aromatic carbocycles. The quantitative estimate of drug-likeness (QED) is 0.838. The first-order chi connectivity index (χ1) is 9.75. The molecule has 0 aliphatic carbocycles. The summed E-state index contributed by atoms with van der Waals surface area (Å²) in [5, 5.41) is 0. The maximum Gasteiger partial charge on any atom is 0.416 e. The Kier molecular flexibility index (Phi) is 4.81. The summed E-state index contributed by atoms with van der Waals surface area (Å²) in [5.74, 6) is 0.618. The van der Waals surface area contributed by atoms with Gasteiger partial charge in [0.2, 0.25) is 0 Å². The number of alkyl halides is 3. The van der Waals surface area contributed by atoms with Crippen LogP contribution in [0.2, 0.25) is 0 Å². The number of hydrogen-bond donors (Lipinski definition) is 0. The second-order valence-electron chi connectivity index (χ2n) is 6.24. The largest absolute Gasteiger partial charge is 0.416 e. The van der Waals surface area contributed by atoms with Crippen LogP contribution in [0.25, 0.3) is 0 Å². The molecule has 0 atom stereocenters. The van der Waals surface area contributed by atoms with Gasteiger partial charge in [-0.3, -0.25) is 4.90 Å². The van der Waals surface area contributed by atoms with Crippen LogP contribution in [0, 0.1) is 12.8 Å². The highest BCUT2D eigenvalue weighted by atomic mass is 19.4. The number of aryl methyl sites for hydroxylation is 1. The van der Waals surface area contributed by atoms with E-state index >= 15 is 0 Å². The third kappa shape index (κ3) is 4.37. The molecule has 0 unspecified atom stereocenters. The first-order valence-electron chi connectivity index (χ1n) is 7.42. The van der Waals surface area contributed by atoms with Gasteiger partial charge >= 0.3 is 6.18 Å². The summed E-state index contributed by atoms with van der Waals surface area (Å²) in [6.07, 6.45) is -4.28. The Labute approximate surface area is 124 Å². The van der Waals surface area contributed by atoms with Crippen molar-refractivity contribution in [3.8, 4) is 0 Å². The van der Waals surface area contributed by atoms with Crippen LogP contribution in [0.15, 0.2) is 18.2 Å². The second-order valence-corrected chi connectivity index (χ2v) is 6.24. The third-order valence-electron chi connectivity index (χ3n) is 3.75. The monoisotopic (exact) mass is 300 g/mol. The molecule has 5 heteroatoms. The van der Waals surface area contributed by atoms with Gasteiger partial charge in [-0.15, -0.1) is 0 Å². The highest BCUT2D eigenvalue weighted by molar-refractivity contribution is 5.52. The topological polar surface area (TPSA) is 6.48 Å². The van der Waals surface area contributed by atoms with E-state index in [0.717, 1.165) is 32.7 Å². The molecule has 2 rings (SSSR count). The van der Waals surface area contributed by atoms with E-state index in [9.17, 15) is 13.2 Å². The first kappa shape index (κ1) is 16.1. The van der Waals surface area contributed by atoms with Crippen molar-refractivity contribution in [2.45, 2.75) is 26.9 Å². The Morgan fingerprint density at radius 1 is 1.05 bits per heavy atom. The number of rotatable bonds is 3. The summed E-state index contributed by atoms with van der Waals surface area (Å²) in [4.78, 5) is 4.43. The molecule has 0 saturated carbocycles. The van der Waals surface area contributed by atoms with E-state index in [4.69, 9.17) is 0 Å². The summed E-state index contributed by atoms with van der Waals surface area (Å²) in [6, 6.07) is 4.32. The van der Waals surface area contributed by atoms with Gasteiger partial charge in [-0.2, -0.15) is 13.2 Å². The summed E-state index contributed by atoms with van der Waals surface area (Å²) >= 11 is 0. The zero-order valence-corrected chi connectivity index (χ0v) is 12.9. The highest BCUT2D eigenvalue weighted by Gasteiger charge is 2.31. The minimum atomic E-state index is -4.28. The Balaban J connectivity index is 2.08.